The van der Waals surface area contributed by atoms with Gasteiger partial charge < -0.3 is 5.11 Å². The third-order valence-electron chi connectivity index (χ3n) is 1.06. The fraction of sp³-hybridized carbons (Fsp3) is 0. The molecule has 0 aliphatic heterocycles. The maximum Gasteiger partial charge on any atom is 0.355 e. The van der Waals surface area contributed by atoms with Gasteiger partial charge in [-0.1, -0.05) is 0 Å². The van der Waals surface area contributed by atoms with Crippen LogP contribution in [0.15, 0.2) is 22.1 Å². The van der Waals surface area contributed by atoms with E-state index in [0.717, 1.165) is 0 Å². The second-order valence-electron chi connectivity index (χ2n) is 1.87. The Bertz CT molecular complexity index is 301. The first kappa shape index (κ1) is 8.42. The van der Waals surface area contributed by atoms with Gasteiger partial charge in [0, 0.05) is 16.0 Å². The van der Waals surface area contributed by atoms with Gasteiger partial charge in [0.05, 0.1) is 0 Å². The number of rotatable bonds is 1. The Morgan fingerprint density at radius 3 is 2.64 bits per heavy atom. The fourth-order valence-electron chi connectivity index (χ4n) is 0.607. The van der Waals surface area contributed by atoms with E-state index in [9.17, 15) is 4.79 Å². The average Bonchev–Trinajstić information content (AvgIpc) is 1.85. The first-order valence-electron chi connectivity index (χ1n) is 2.72. The second kappa shape index (κ2) is 3.15. The predicted molar refractivity (Wildman–Crippen MR) is 45.7 cm³/mol. The Morgan fingerprint density at radius 1 is 1.55 bits per heavy atom. The molecule has 0 fully saturated rings. The molecule has 1 aromatic heterocycles. The topological polar surface area (TPSA) is 50.2 Å². The van der Waals surface area contributed by atoms with Crippen LogP contribution >= 0.6 is 25.3 Å². The highest BCUT2D eigenvalue weighted by molar-refractivity contribution is 7.81. The van der Waals surface area contributed by atoms with E-state index in [0.29, 0.717) is 9.79 Å². The zero-order chi connectivity index (χ0) is 8.43. The Hall–Kier alpha value is -0.680. The van der Waals surface area contributed by atoms with Gasteiger partial charge in [-0.25, -0.2) is 9.78 Å². The molecule has 1 heterocycles. The summed E-state index contributed by atoms with van der Waals surface area (Å²) >= 11 is 7.88. The van der Waals surface area contributed by atoms with Gasteiger partial charge in [0.2, 0.25) is 0 Å². The van der Waals surface area contributed by atoms with Crippen LogP contribution in [0.25, 0.3) is 0 Å². The molecule has 0 saturated carbocycles. The fourth-order valence-corrected chi connectivity index (χ4v) is 1.19. The van der Waals surface area contributed by atoms with Gasteiger partial charge >= 0.3 is 5.97 Å². The first-order valence-corrected chi connectivity index (χ1v) is 3.62. The number of aromatic nitrogens is 1. The molecule has 0 aliphatic rings. The minimum atomic E-state index is -1.08. The Balaban J connectivity index is 3.20. The van der Waals surface area contributed by atoms with Gasteiger partial charge in [-0.05, 0) is 6.07 Å². The van der Waals surface area contributed by atoms with E-state index >= 15 is 0 Å². The Morgan fingerprint density at radius 2 is 2.18 bits per heavy atom. The summed E-state index contributed by atoms with van der Waals surface area (Å²) in [4.78, 5) is 14.9. The van der Waals surface area contributed by atoms with Crippen molar-refractivity contribution in [2.45, 2.75) is 9.79 Å². The maximum absolute atomic E-state index is 10.4. The van der Waals surface area contributed by atoms with E-state index in [2.05, 4.69) is 30.2 Å². The lowest BCUT2D eigenvalue weighted by atomic mass is 10.3. The molecule has 0 atom stereocenters. The maximum atomic E-state index is 10.4. The summed E-state index contributed by atoms with van der Waals surface area (Å²) in [5, 5.41) is 8.52. The van der Waals surface area contributed by atoms with Gasteiger partial charge in [0.25, 0.3) is 0 Å². The summed E-state index contributed by atoms with van der Waals surface area (Å²) < 4.78 is 0. The monoisotopic (exact) mass is 187 g/mol. The van der Waals surface area contributed by atoms with Gasteiger partial charge in [-0.3, -0.25) is 0 Å². The number of nitrogens with zero attached hydrogens (tertiary/aromatic N) is 1. The highest BCUT2D eigenvalue weighted by Gasteiger charge is 2.08. The number of carboxylic acid groups (broad SMARTS) is 1. The van der Waals surface area contributed by atoms with Gasteiger partial charge in [0.15, 0.2) is 5.69 Å². The van der Waals surface area contributed by atoms with Crippen molar-refractivity contribution in [3.8, 4) is 0 Å². The molecule has 1 rings (SSSR count). The Kier molecular flexibility index (Phi) is 2.41. The lowest BCUT2D eigenvalue weighted by molar-refractivity contribution is 0.0686. The van der Waals surface area contributed by atoms with Crippen LogP contribution in [-0.4, -0.2) is 16.1 Å². The molecule has 1 N–H and O–H groups in total. The van der Waals surface area contributed by atoms with Gasteiger partial charge in [-0.15, -0.1) is 25.3 Å². The molecule has 0 saturated heterocycles. The highest BCUT2D eigenvalue weighted by atomic mass is 32.1. The minimum Gasteiger partial charge on any atom is -0.476 e. The zero-order valence-corrected chi connectivity index (χ0v) is 7.14. The summed E-state index contributed by atoms with van der Waals surface area (Å²) in [5.41, 5.74) is -0.0499. The van der Waals surface area contributed by atoms with Crippen molar-refractivity contribution in [3.63, 3.8) is 0 Å². The van der Waals surface area contributed by atoms with Gasteiger partial charge in [0.1, 0.15) is 0 Å². The van der Waals surface area contributed by atoms with Crippen molar-refractivity contribution in [2.75, 3.05) is 0 Å². The molecule has 0 aliphatic carbocycles. The molecule has 3 nitrogen and oxygen atoms in total. The van der Waals surface area contributed by atoms with Crippen molar-refractivity contribution in [1.29, 1.82) is 0 Å². The summed E-state index contributed by atoms with van der Waals surface area (Å²) in [7, 11) is 0. The molecule has 0 bridgehead atoms. The molecular weight excluding hydrogens is 182 g/mol. The SMILES string of the molecule is O=C(O)c1ncc(S)cc1S. The standard InChI is InChI=1S/C6H5NO2S2/c8-6(9)5-4(11)1-3(10)2-7-5/h1-2,10-11H,(H,8,9). The lowest BCUT2D eigenvalue weighted by Gasteiger charge is -1.97. The quantitative estimate of drug-likeness (QED) is 0.582. The van der Waals surface area contributed by atoms with Crippen LogP contribution in [0.3, 0.4) is 0 Å². The number of hydrogen-bond acceptors (Lipinski definition) is 4. The van der Waals surface area contributed by atoms with E-state index < -0.39 is 5.97 Å². The van der Waals surface area contributed by atoms with E-state index in [-0.39, 0.29) is 5.69 Å². The molecule has 0 amide bonds. The van der Waals surface area contributed by atoms with Crippen LogP contribution in [0.4, 0.5) is 0 Å². The van der Waals surface area contributed by atoms with Crippen LogP contribution in [0.5, 0.6) is 0 Å². The molecule has 11 heavy (non-hydrogen) atoms. The highest BCUT2D eigenvalue weighted by Crippen LogP contribution is 2.14. The second-order valence-corrected chi connectivity index (χ2v) is 2.86. The van der Waals surface area contributed by atoms with Crippen LogP contribution < -0.4 is 0 Å². The van der Waals surface area contributed by atoms with Crippen LogP contribution in [0.1, 0.15) is 10.5 Å². The van der Waals surface area contributed by atoms with Crippen LogP contribution in [-0.2, 0) is 0 Å². The summed E-state index contributed by atoms with van der Waals surface area (Å²) in [6, 6.07) is 1.53. The van der Waals surface area contributed by atoms with E-state index in [1.807, 2.05) is 0 Å². The van der Waals surface area contributed by atoms with Crippen molar-refractivity contribution in [1.82, 2.24) is 4.98 Å². The normalized spacial score (nSPS) is 9.64. The van der Waals surface area contributed by atoms with Crippen LogP contribution in [0.2, 0.25) is 0 Å². The van der Waals surface area contributed by atoms with Crippen LogP contribution in [0, 0.1) is 0 Å². The predicted octanol–water partition coefficient (Wildman–Crippen LogP) is 1.36. The van der Waals surface area contributed by atoms with Crippen molar-refractivity contribution < 1.29 is 9.90 Å². The molecule has 5 heteroatoms. The van der Waals surface area contributed by atoms with Crippen molar-refractivity contribution in [3.05, 3.63) is 18.0 Å². The number of thiol groups is 2. The third kappa shape index (κ3) is 1.87. The summed E-state index contributed by atoms with van der Waals surface area (Å²) in [5.74, 6) is -1.08. The van der Waals surface area contributed by atoms with Gasteiger partial charge in [-0.2, -0.15) is 0 Å². The molecule has 1 aromatic rings. The number of carbonyl (C=O) groups is 1. The molecule has 0 aromatic carbocycles. The molecule has 0 spiro atoms. The van der Waals surface area contributed by atoms with E-state index in [4.69, 9.17) is 5.11 Å². The first-order chi connectivity index (χ1) is 5.11. The van der Waals surface area contributed by atoms with E-state index in [1.165, 1.54) is 12.3 Å². The lowest BCUT2D eigenvalue weighted by Crippen LogP contribution is -2.00. The number of aromatic carboxylic acids is 1. The minimum absolute atomic E-state index is 0.0499. The Labute approximate surface area is 74.3 Å². The molecule has 0 radical (unpaired) electrons. The third-order valence-corrected chi connectivity index (χ3v) is 1.64. The number of carboxylic acids is 1. The summed E-state index contributed by atoms with van der Waals surface area (Å²) in [6.07, 6.45) is 1.37. The van der Waals surface area contributed by atoms with E-state index in [1.54, 1.807) is 0 Å². The molecule has 58 valence electrons. The smallest absolute Gasteiger partial charge is 0.355 e. The van der Waals surface area contributed by atoms with Crippen molar-refractivity contribution in [2.24, 2.45) is 0 Å². The average molecular weight is 187 g/mol. The number of pyridine rings is 1. The largest absolute Gasteiger partial charge is 0.476 e. The molecule has 0 unspecified atom stereocenters. The van der Waals surface area contributed by atoms with Crippen molar-refractivity contribution >= 4 is 31.2 Å². The number of hydrogen-bond donors (Lipinski definition) is 3. The zero-order valence-electron chi connectivity index (χ0n) is 5.35. The summed E-state index contributed by atoms with van der Waals surface area (Å²) in [6.45, 7) is 0. The molecular formula is C6H5NO2S2.